The first-order valence-corrected chi connectivity index (χ1v) is 10.4. The van der Waals surface area contributed by atoms with Crippen LogP contribution in [0.5, 0.6) is 5.75 Å². The number of nitrogens with one attached hydrogen (secondary N) is 2. The molecule has 1 saturated carbocycles. The number of piperidine rings is 1. The number of pyridine rings is 1. The third-order valence-electron chi connectivity index (χ3n) is 5.86. The Labute approximate surface area is 177 Å². The van der Waals surface area contributed by atoms with Crippen LogP contribution < -0.4 is 15.4 Å². The van der Waals surface area contributed by atoms with Gasteiger partial charge in [0.05, 0.1) is 26.0 Å². The first-order valence-electron chi connectivity index (χ1n) is 10.4. The Kier molecular flexibility index (Phi) is 5.19. The maximum Gasteiger partial charge on any atom is 0.157 e. The number of aromatic nitrogens is 4. The highest BCUT2D eigenvalue weighted by Crippen LogP contribution is 2.43. The molecule has 3 N–H and O–H groups in total. The van der Waals surface area contributed by atoms with Crippen molar-refractivity contribution in [2.24, 2.45) is 0 Å². The van der Waals surface area contributed by atoms with E-state index in [0.29, 0.717) is 42.5 Å². The topological polar surface area (TPSA) is 96.6 Å². The lowest BCUT2D eigenvalue weighted by Crippen LogP contribution is -2.46. The number of rotatable bonds is 6. The van der Waals surface area contributed by atoms with Gasteiger partial charge in [-0.25, -0.2) is 23.3 Å². The van der Waals surface area contributed by atoms with Gasteiger partial charge in [-0.1, -0.05) is 0 Å². The molecule has 164 valence electrons. The largest absolute Gasteiger partial charge is 0.495 e. The van der Waals surface area contributed by atoms with E-state index in [-0.39, 0.29) is 17.1 Å². The van der Waals surface area contributed by atoms with E-state index in [2.05, 4.69) is 25.7 Å². The average Bonchev–Trinajstić information content (AvgIpc) is 3.55. The quantitative estimate of drug-likeness (QED) is 0.553. The summed E-state index contributed by atoms with van der Waals surface area (Å²) in [5.74, 6) is 0.626. The third-order valence-corrected chi connectivity index (χ3v) is 5.86. The molecule has 0 amide bonds. The summed E-state index contributed by atoms with van der Waals surface area (Å²) in [5, 5.41) is 20.5. The smallest absolute Gasteiger partial charge is 0.157 e. The number of anilines is 1. The predicted molar refractivity (Wildman–Crippen MR) is 110 cm³/mol. The third kappa shape index (κ3) is 3.70. The summed E-state index contributed by atoms with van der Waals surface area (Å²) in [7, 11) is 1.59. The molecular weight excluding hydrogens is 406 g/mol. The van der Waals surface area contributed by atoms with Gasteiger partial charge in [-0.05, 0) is 31.9 Å². The number of alkyl halides is 1. The molecule has 0 spiro atoms. The highest BCUT2D eigenvalue weighted by Gasteiger charge is 2.30. The van der Waals surface area contributed by atoms with Crippen molar-refractivity contribution in [3.05, 3.63) is 35.4 Å². The van der Waals surface area contributed by atoms with Crippen molar-refractivity contribution in [2.45, 2.75) is 44.0 Å². The van der Waals surface area contributed by atoms with Crippen molar-refractivity contribution < 1.29 is 18.6 Å². The molecule has 0 radical (unpaired) electrons. The summed E-state index contributed by atoms with van der Waals surface area (Å²) in [6.07, 6.45) is 2.89. The Balaban J connectivity index is 1.58. The van der Waals surface area contributed by atoms with E-state index < -0.39 is 24.6 Å². The first kappa shape index (κ1) is 20.1. The van der Waals surface area contributed by atoms with Crippen LogP contribution in [-0.4, -0.2) is 57.1 Å². The van der Waals surface area contributed by atoms with Gasteiger partial charge in [-0.15, -0.1) is 0 Å². The maximum absolute atomic E-state index is 15.0. The summed E-state index contributed by atoms with van der Waals surface area (Å²) in [6.45, 7) is 0.606. The van der Waals surface area contributed by atoms with Gasteiger partial charge in [0.2, 0.25) is 0 Å². The van der Waals surface area contributed by atoms with E-state index in [0.717, 1.165) is 18.5 Å². The van der Waals surface area contributed by atoms with E-state index in [1.807, 2.05) is 0 Å². The summed E-state index contributed by atoms with van der Waals surface area (Å²) in [5.41, 5.74) is 2.00. The summed E-state index contributed by atoms with van der Waals surface area (Å²) in [6, 6.07) is 2.49. The number of hydrogen-bond donors (Lipinski definition) is 3. The number of nitrogens with zero attached hydrogens (tertiary/aromatic N) is 4. The number of aliphatic hydroxyl groups is 1. The molecule has 8 nitrogen and oxygen atoms in total. The Morgan fingerprint density at radius 2 is 2.16 bits per heavy atom. The second-order valence-electron chi connectivity index (χ2n) is 8.03. The van der Waals surface area contributed by atoms with Gasteiger partial charge in [0, 0.05) is 24.1 Å². The minimum absolute atomic E-state index is 0.0331. The Morgan fingerprint density at radius 1 is 1.32 bits per heavy atom. The van der Waals surface area contributed by atoms with E-state index in [1.54, 1.807) is 17.7 Å². The number of ether oxygens (including phenoxy) is 1. The SMILES string of the molecule is COc1cc2ncc(-c3nc(NC4CNCC[C@H]4F)c(CO)cc3F)n2nc1C1CC1. The van der Waals surface area contributed by atoms with Gasteiger partial charge in [-0.2, -0.15) is 5.10 Å². The molecule has 2 atom stereocenters. The molecule has 1 unspecified atom stereocenters. The highest BCUT2D eigenvalue weighted by molar-refractivity contribution is 5.64. The Hall–Kier alpha value is -2.85. The molecule has 10 heteroatoms. The van der Waals surface area contributed by atoms with Gasteiger partial charge < -0.3 is 20.5 Å². The van der Waals surface area contributed by atoms with Crippen molar-refractivity contribution in [2.75, 3.05) is 25.5 Å². The van der Waals surface area contributed by atoms with E-state index >= 15 is 0 Å². The standard InChI is InChI=1S/C21H24F2N6O2/c1-31-17-7-18-25-9-16(29(18)28-19(17)11-2-3-11)20-14(23)6-12(10-30)21(27-20)26-15-8-24-5-4-13(15)22/h6-7,9,11,13,15,24,30H,2-5,8,10H2,1H3,(H,26,27)/t13-,15?/m1/s1. The number of imidazole rings is 1. The van der Waals surface area contributed by atoms with Crippen LogP contribution in [0, 0.1) is 5.82 Å². The summed E-state index contributed by atoms with van der Waals surface area (Å²) in [4.78, 5) is 8.76. The zero-order chi connectivity index (χ0) is 21.5. The lowest BCUT2D eigenvalue weighted by Gasteiger charge is -2.28. The zero-order valence-electron chi connectivity index (χ0n) is 17.1. The van der Waals surface area contributed by atoms with Gasteiger partial charge >= 0.3 is 0 Å². The van der Waals surface area contributed by atoms with Crippen molar-refractivity contribution in [3.63, 3.8) is 0 Å². The van der Waals surface area contributed by atoms with Crippen LogP contribution in [0.2, 0.25) is 0 Å². The minimum atomic E-state index is -1.06. The number of fused-ring (bicyclic) bond motifs is 1. The predicted octanol–water partition coefficient (Wildman–Crippen LogP) is 2.42. The molecule has 0 aromatic carbocycles. The zero-order valence-corrected chi connectivity index (χ0v) is 17.1. The molecule has 3 aromatic rings. The van der Waals surface area contributed by atoms with Crippen molar-refractivity contribution in [3.8, 4) is 17.1 Å². The molecule has 4 heterocycles. The first-order chi connectivity index (χ1) is 15.1. The number of aliphatic hydroxyl groups excluding tert-OH is 1. The normalized spacial score (nSPS) is 21.4. The lowest BCUT2D eigenvalue weighted by molar-refractivity contribution is 0.240. The lowest BCUT2D eigenvalue weighted by atomic mass is 10.0. The number of methoxy groups -OCH3 is 1. The van der Waals surface area contributed by atoms with Crippen LogP contribution in [0.4, 0.5) is 14.6 Å². The molecular formula is C21H24F2N6O2. The molecule has 2 fully saturated rings. The molecule has 1 saturated heterocycles. The van der Waals surface area contributed by atoms with Gasteiger partial charge in [-0.3, -0.25) is 0 Å². The van der Waals surface area contributed by atoms with Crippen LogP contribution in [-0.2, 0) is 6.61 Å². The van der Waals surface area contributed by atoms with Crippen molar-refractivity contribution >= 4 is 11.5 Å². The summed E-state index contributed by atoms with van der Waals surface area (Å²) < 4.78 is 36.3. The fourth-order valence-corrected chi connectivity index (χ4v) is 3.97. The minimum Gasteiger partial charge on any atom is -0.495 e. The average molecular weight is 430 g/mol. The molecule has 31 heavy (non-hydrogen) atoms. The Morgan fingerprint density at radius 3 is 2.87 bits per heavy atom. The second kappa shape index (κ2) is 8.01. The molecule has 1 aliphatic carbocycles. The number of halogens is 2. The molecule has 1 aliphatic heterocycles. The van der Waals surface area contributed by atoms with Crippen LogP contribution in [0.1, 0.15) is 36.4 Å². The van der Waals surface area contributed by atoms with E-state index in [1.165, 1.54) is 12.3 Å². The fourth-order valence-electron chi connectivity index (χ4n) is 3.97. The molecule has 3 aromatic heterocycles. The number of hydrogen-bond acceptors (Lipinski definition) is 7. The van der Waals surface area contributed by atoms with Crippen molar-refractivity contribution in [1.82, 2.24) is 24.9 Å². The molecule has 2 aliphatic rings. The maximum atomic E-state index is 15.0. The van der Waals surface area contributed by atoms with E-state index in [4.69, 9.17) is 4.74 Å². The molecule has 0 bridgehead atoms. The highest BCUT2D eigenvalue weighted by atomic mass is 19.1. The summed E-state index contributed by atoms with van der Waals surface area (Å²) >= 11 is 0. The monoisotopic (exact) mass is 430 g/mol. The fraction of sp³-hybridized carbons (Fsp3) is 0.476. The van der Waals surface area contributed by atoms with Gasteiger partial charge in [0.1, 0.15) is 34.8 Å². The van der Waals surface area contributed by atoms with E-state index in [9.17, 15) is 13.9 Å². The van der Waals surface area contributed by atoms with Gasteiger partial charge in [0.15, 0.2) is 11.5 Å². The van der Waals surface area contributed by atoms with Crippen LogP contribution in [0.25, 0.3) is 17.0 Å². The van der Waals surface area contributed by atoms with Crippen LogP contribution >= 0.6 is 0 Å². The van der Waals surface area contributed by atoms with Gasteiger partial charge in [0.25, 0.3) is 0 Å². The molecule has 5 rings (SSSR count). The van der Waals surface area contributed by atoms with Crippen molar-refractivity contribution in [1.29, 1.82) is 0 Å². The van der Waals surface area contributed by atoms with Crippen LogP contribution in [0.3, 0.4) is 0 Å². The second-order valence-corrected chi connectivity index (χ2v) is 8.03. The van der Waals surface area contributed by atoms with Crippen LogP contribution in [0.15, 0.2) is 18.3 Å². The Bertz CT molecular complexity index is 1120.